The van der Waals surface area contributed by atoms with E-state index in [1.54, 1.807) is 18.3 Å². The van der Waals surface area contributed by atoms with Gasteiger partial charge in [-0.2, -0.15) is 0 Å². The Morgan fingerprint density at radius 1 is 1.37 bits per heavy atom. The molecule has 6 heteroatoms. The first kappa shape index (κ1) is 17.7. The van der Waals surface area contributed by atoms with Crippen molar-refractivity contribution >= 4 is 16.8 Å². The van der Waals surface area contributed by atoms with E-state index in [1.807, 2.05) is 18.5 Å². The van der Waals surface area contributed by atoms with Gasteiger partial charge in [-0.1, -0.05) is 12.1 Å². The fraction of sp³-hybridized carbons (Fsp3) is 0.333. The van der Waals surface area contributed by atoms with Crippen LogP contribution < -0.4 is 5.32 Å². The van der Waals surface area contributed by atoms with Crippen LogP contribution in [0.5, 0.6) is 0 Å². The Balaban J connectivity index is 1.78. The highest BCUT2D eigenvalue weighted by Gasteiger charge is 2.28. The summed E-state index contributed by atoms with van der Waals surface area (Å²) in [4.78, 5) is 17.0. The van der Waals surface area contributed by atoms with E-state index in [1.165, 1.54) is 12.1 Å². The number of nitrogens with zero attached hydrogens (tertiary/aromatic N) is 2. The molecule has 0 saturated carbocycles. The number of fused-ring (bicyclic) bond motifs is 1. The van der Waals surface area contributed by atoms with Gasteiger partial charge in [-0.25, -0.2) is 4.39 Å². The number of aromatic nitrogens is 2. The van der Waals surface area contributed by atoms with E-state index >= 15 is 0 Å². The zero-order valence-corrected chi connectivity index (χ0v) is 15.2. The Morgan fingerprint density at radius 3 is 2.89 bits per heavy atom. The normalized spacial score (nSPS) is 17.9. The molecule has 2 aromatic heterocycles. The molecule has 3 heterocycles. The predicted molar refractivity (Wildman–Crippen MR) is 101 cm³/mol. The van der Waals surface area contributed by atoms with Crippen molar-refractivity contribution in [2.75, 3.05) is 6.61 Å². The number of hydrogen-bond acceptors (Lipinski definition) is 3. The molecule has 27 heavy (non-hydrogen) atoms. The van der Waals surface area contributed by atoms with Crippen molar-refractivity contribution in [2.24, 2.45) is 0 Å². The highest BCUT2D eigenvalue weighted by atomic mass is 19.1. The number of amides is 1. The van der Waals surface area contributed by atoms with Crippen LogP contribution in [0.1, 0.15) is 36.9 Å². The number of nitrogens with one attached hydrogen (secondary N) is 1. The first-order valence-electron chi connectivity index (χ1n) is 9.27. The summed E-state index contributed by atoms with van der Waals surface area (Å²) in [6.45, 7) is 3.46. The second-order valence-electron chi connectivity index (χ2n) is 6.76. The van der Waals surface area contributed by atoms with E-state index in [0.717, 1.165) is 41.4 Å². The molecule has 1 fully saturated rings. The Morgan fingerprint density at radius 2 is 2.19 bits per heavy atom. The summed E-state index contributed by atoms with van der Waals surface area (Å²) in [6.07, 6.45) is 6.80. The van der Waals surface area contributed by atoms with Gasteiger partial charge in [0.2, 0.25) is 5.91 Å². The van der Waals surface area contributed by atoms with Gasteiger partial charge in [0, 0.05) is 36.5 Å². The molecule has 5 nitrogen and oxygen atoms in total. The number of aryl methyl sites for hydroxylation is 1. The molecule has 1 saturated heterocycles. The Hall–Kier alpha value is -2.73. The molecule has 1 aliphatic heterocycles. The summed E-state index contributed by atoms with van der Waals surface area (Å²) >= 11 is 0. The summed E-state index contributed by atoms with van der Waals surface area (Å²) in [7, 11) is 0. The van der Waals surface area contributed by atoms with E-state index in [2.05, 4.69) is 21.8 Å². The molecular weight excluding hydrogens is 345 g/mol. The summed E-state index contributed by atoms with van der Waals surface area (Å²) in [5, 5.41) is 4.14. The lowest BCUT2D eigenvalue weighted by molar-refractivity contribution is -0.130. The molecule has 1 amide bonds. The summed E-state index contributed by atoms with van der Waals surface area (Å²) in [6, 6.07) is 7.83. The van der Waals surface area contributed by atoms with Gasteiger partial charge in [0.05, 0.1) is 17.8 Å². The average Bonchev–Trinajstić information content (AvgIpc) is 3.35. The fourth-order valence-corrected chi connectivity index (χ4v) is 3.67. The van der Waals surface area contributed by atoms with Crippen molar-refractivity contribution in [3.63, 3.8) is 0 Å². The molecule has 1 N–H and O–H groups in total. The van der Waals surface area contributed by atoms with E-state index in [9.17, 15) is 9.18 Å². The topological polar surface area (TPSA) is 56.2 Å². The van der Waals surface area contributed by atoms with Crippen LogP contribution in [-0.2, 0) is 16.1 Å². The first-order valence-corrected chi connectivity index (χ1v) is 9.27. The SMILES string of the molecule is CCn1cc([C@@H](NC(=O)[C@@H]2CCCO2)c2ccc(F)cc2)c2ccncc21. The largest absolute Gasteiger partial charge is 0.368 e. The second-order valence-corrected chi connectivity index (χ2v) is 6.76. The third kappa shape index (κ3) is 3.45. The third-order valence-corrected chi connectivity index (χ3v) is 5.08. The minimum Gasteiger partial charge on any atom is -0.368 e. The Kier molecular flexibility index (Phi) is 4.90. The van der Waals surface area contributed by atoms with E-state index in [0.29, 0.717) is 6.61 Å². The average molecular weight is 367 g/mol. The molecule has 1 aliphatic rings. The summed E-state index contributed by atoms with van der Waals surface area (Å²) in [5.41, 5.74) is 2.80. The molecular formula is C21H22FN3O2. The molecule has 2 atom stereocenters. The van der Waals surface area contributed by atoms with Crippen LogP contribution in [0.4, 0.5) is 4.39 Å². The van der Waals surface area contributed by atoms with Gasteiger partial charge in [0.15, 0.2) is 0 Å². The molecule has 3 aromatic rings. The molecule has 0 spiro atoms. The Bertz CT molecular complexity index is 946. The van der Waals surface area contributed by atoms with Crippen molar-refractivity contribution in [1.29, 1.82) is 0 Å². The van der Waals surface area contributed by atoms with Crippen LogP contribution >= 0.6 is 0 Å². The van der Waals surface area contributed by atoms with Crippen molar-refractivity contribution < 1.29 is 13.9 Å². The van der Waals surface area contributed by atoms with Crippen LogP contribution in [0, 0.1) is 5.82 Å². The second kappa shape index (κ2) is 7.48. The van der Waals surface area contributed by atoms with Crippen molar-refractivity contribution in [3.05, 3.63) is 65.9 Å². The fourth-order valence-electron chi connectivity index (χ4n) is 3.67. The smallest absolute Gasteiger partial charge is 0.249 e. The highest BCUT2D eigenvalue weighted by molar-refractivity contribution is 5.86. The number of pyridine rings is 1. The standard InChI is InChI=1S/C21H22FN3O2/c1-2-25-13-17(16-9-10-23-12-18(16)25)20(14-5-7-15(22)8-6-14)24-21(26)19-4-3-11-27-19/h5-10,12-13,19-20H,2-4,11H2,1H3,(H,24,26)/t19-,20-/m0/s1. The minimum atomic E-state index is -0.422. The summed E-state index contributed by atoms with van der Waals surface area (Å²) in [5.74, 6) is -0.434. The quantitative estimate of drug-likeness (QED) is 0.750. The number of benzene rings is 1. The predicted octanol–water partition coefficient (Wildman–Crippen LogP) is 3.58. The maximum absolute atomic E-state index is 13.5. The molecule has 1 aromatic carbocycles. The molecule has 0 radical (unpaired) electrons. The molecule has 0 aliphatic carbocycles. The number of hydrogen-bond donors (Lipinski definition) is 1. The van der Waals surface area contributed by atoms with E-state index in [-0.39, 0.29) is 17.8 Å². The van der Waals surface area contributed by atoms with Crippen LogP contribution in [0.15, 0.2) is 48.9 Å². The van der Waals surface area contributed by atoms with Crippen LogP contribution in [-0.4, -0.2) is 28.2 Å². The van der Waals surface area contributed by atoms with Gasteiger partial charge in [-0.15, -0.1) is 0 Å². The molecule has 0 unspecified atom stereocenters. The van der Waals surface area contributed by atoms with Gasteiger partial charge in [0.1, 0.15) is 11.9 Å². The lowest BCUT2D eigenvalue weighted by Gasteiger charge is -2.21. The van der Waals surface area contributed by atoms with E-state index in [4.69, 9.17) is 4.74 Å². The summed E-state index contributed by atoms with van der Waals surface area (Å²) < 4.78 is 21.1. The van der Waals surface area contributed by atoms with Crippen molar-refractivity contribution in [3.8, 4) is 0 Å². The highest BCUT2D eigenvalue weighted by Crippen LogP contribution is 2.31. The minimum absolute atomic E-state index is 0.131. The maximum atomic E-state index is 13.5. The number of ether oxygens (including phenoxy) is 1. The van der Waals surface area contributed by atoms with Gasteiger partial charge in [-0.3, -0.25) is 9.78 Å². The van der Waals surface area contributed by atoms with Crippen LogP contribution in [0.2, 0.25) is 0 Å². The number of carbonyl (C=O) groups is 1. The lowest BCUT2D eigenvalue weighted by Crippen LogP contribution is -2.37. The first-order chi connectivity index (χ1) is 13.2. The zero-order chi connectivity index (χ0) is 18.8. The molecule has 0 bridgehead atoms. The number of carbonyl (C=O) groups excluding carboxylic acids is 1. The molecule has 4 rings (SSSR count). The third-order valence-electron chi connectivity index (χ3n) is 5.08. The number of rotatable bonds is 5. The van der Waals surface area contributed by atoms with E-state index < -0.39 is 6.10 Å². The van der Waals surface area contributed by atoms with Gasteiger partial charge < -0.3 is 14.6 Å². The van der Waals surface area contributed by atoms with Crippen LogP contribution in [0.3, 0.4) is 0 Å². The monoisotopic (exact) mass is 367 g/mol. The van der Waals surface area contributed by atoms with Crippen molar-refractivity contribution in [2.45, 2.75) is 38.5 Å². The zero-order valence-electron chi connectivity index (χ0n) is 15.2. The number of halogens is 1. The Labute approximate surface area is 157 Å². The lowest BCUT2D eigenvalue weighted by atomic mass is 9.98. The van der Waals surface area contributed by atoms with Gasteiger partial charge in [-0.05, 0) is 43.5 Å². The maximum Gasteiger partial charge on any atom is 0.249 e. The van der Waals surface area contributed by atoms with Crippen LogP contribution in [0.25, 0.3) is 10.9 Å². The molecule has 140 valence electrons. The van der Waals surface area contributed by atoms with Gasteiger partial charge >= 0.3 is 0 Å². The van der Waals surface area contributed by atoms with Gasteiger partial charge in [0.25, 0.3) is 0 Å². The van der Waals surface area contributed by atoms with Crippen molar-refractivity contribution in [1.82, 2.24) is 14.9 Å².